The molecule has 0 aliphatic heterocycles. The first-order chi connectivity index (χ1) is 16.7. The van der Waals surface area contributed by atoms with E-state index < -0.39 is 35.7 Å². The molecule has 4 unspecified atom stereocenters. The Morgan fingerprint density at radius 3 is 2.23 bits per heavy atom. The zero-order valence-electron chi connectivity index (χ0n) is 20.0. The number of rotatable bonds is 7. The molecule has 0 bridgehead atoms. The van der Waals surface area contributed by atoms with Gasteiger partial charge in [-0.15, -0.1) is 0 Å². The number of amides is 2. The van der Waals surface area contributed by atoms with Crippen molar-refractivity contribution in [1.82, 2.24) is 10.6 Å². The Balaban J connectivity index is 1.49. The van der Waals surface area contributed by atoms with Crippen LogP contribution in [-0.4, -0.2) is 52.5 Å². The maximum Gasteiger partial charge on any atom is 0.408 e. The lowest BCUT2D eigenvalue weighted by Crippen LogP contribution is -2.64. The second-order valence-corrected chi connectivity index (χ2v) is 9.76. The normalized spacial score (nSPS) is 22.9. The van der Waals surface area contributed by atoms with Gasteiger partial charge in [0.05, 0.1) is 6.10 Å². The number of alkyl carbamates (subject to hydrolysis) is 1. The van der Waals surface area contributed by atoms with Gasteiger partial charge in [0.1, 0.15) is 12.1 Å². The van der Waals surface area contributed by atoms with E-state index in [1.807, 2.05) is 43.3 Å². The lowest BCUT2D eigenvalue weighted by Gasteiger charge is -2.39. The van der Waals surface area contributed by atoms with E-state index in [4.69, 9.17) is 4.74 Å². The van der Waals surface area contributed by atoms with Gasteiger partial charge in [0.2, 0.25) is 5.91 Å². The summed E-state index contributed by atoms with van der Waals surface area (Å²) in [6.07, 6.45) is 0.309. The molecule has 4 atom stereocenters. The zero-order valence-corrected chi connectivity index (χ0v) is 20.0. The van der Waals surface area contributed by atoms with Crippen LogP contribution in [0.1, 0.15) is 56.6 Å². The number of ether oxygens (including phenoxy) is 1. The van der Waals surface area contributed by atoms with E-state index in [0.717, 1.165) is 28.7 Å². The fraction of sp³-hybridized carbons (Fsp3) is 0.444. The Morgan fingerprint density at radius 1 is 1.09 bits per heavy atom. The summed E-state index contributed by atoms with van der Waals surface area (Å²) in [5, 5.41) is 24.4. The summed E-state index contributed by atoms with van der Waals surface area (Å²) in [5.41, 5.74) is 3.10. The number of benzene rings is 2. The van der Waals surface area contributed by atoms with Crippen molar-refractivity contribution < 1.29 is 29.3 Å². The van der Waals surface area contributed by atoms with Crippen molar-refractivity contribution in [2.75, 3.05) is 6.61 Å². The van der Waals surface area contributed by atoms with Gasteiger partial charge < -0.3 is 25.6 Å². The van der Waals surface area contributed by atoms with Crippen LogP contribution >= 0.6 is 0 Å². The number of carboxylic acid groups (broad SMARTS) is 1. The highest BCUT2D eigenvalue weighted by Crippen LogP contribution is 2.44. The second-order valence-electron chi connectivity index (χ2n) is 9.76. The summed E-state index contributed by atoms with van der Waals surface area (Å²) in [5.74, 6) is -1.92. The summed E-state index contributed by atoms with van der Waals surface area (Å²) >= 11 is 0. The summed E-state index contributed by atoms with van der Waals surface area (Å²) in [7, 11) is 0. The number of hydrogen-bond donors (Lipinski definition) is 4. The molecule has 2 aliphatic carbocycles. The molecule has 0 aromatic heterocycles. The van der Waals surface area contributed by atoms with Crippen molar-refractivity contribution in [3.8, 4) is 11.1 Å². The first-order valence-electron chi connectivity index (χ1n) is 12.1. The van der Waals surface area contributed by atoms with E-state index in [-0.39, 0.29) is 18.4 Å². The van der Waals surface area contributed by atoms with E-state index in [1.165, 1.54) is 6.92 Å². The molecule has 8 heteroatoms. The fourth-order valence-electron chi connectivity index (χ4n) is 5.43. The number of carbonyl (C=O) groups is 3. The van der Waals surface area contributed by atoms with E-state index in [0.29, 0.717) is 19.3 Å². The average molecular weight is 481 g/mol. The minimum Gasteiger partial charge on any atom is -0.480 e. The number of aliphatic hydroxyl groups excluding tert-OH is 1. The van der Waals surface area contributed by atoms with Crippen LogP contribution in [0.5, 0.6) is 0 Å². The largest absolute Gasteiger partial charge is 0.480 e. The Bertz CT molecular complexity index is 1070. The molecule has 2 aromatic carbocycles. The van der Waals surface area contributed by atoms with Gasteiger partial charge in [0.25, 0.3) is 0 Å². The van der Waals surface area contributed by atoms with Crippen LogP contribution in [0.15, 0.2) is 48.5 Å². The monoisotopic (exact) mass is 480 g/mol. The highest BCUT2D eigenvalue weighted by atomic mass is 16.5. The zero-order chi connectivity index (χ0) is 25.2. The van der Waals surface area contributed by atoms with E-state index in [1.54, 1.807) is 0 Å². The van der Waals surface area contributed by atoms with Crippen molar-refractivity contribution in [1.29, 1.82) is 0 Å². The fourth-order valence-corrected chi connectivity index (χ4v) is 5.43. The molecule has 186 valence electrons. The highest BCUT2D eigenvalue weighted by Gasteiger charge is 2.45. The SMILES string of the molecule is CC1CCCC(NC(=O)OCC2c3ccccc3-c3ccccc32)(C(=O)NC(C(=O)O)C(C)O)C1. The predicted octanol–water partition coefficient (Wildman–Crippen LogP) is 3.42. The third-order valence-electron chi connectivity index (χ3n) is 7.15. The number of nitrogens with one attached hydrogen (secondary N) is 2. The Labute approximate surface area is 204 Å². The summed E-state index contributed by atoms with van der Waals surface area (Å²) in [4.78, 5) is 37.7. The Kier molecular flexibility index (Phi) is 7.12. The highest BCUT2D eigenvalue weighted by molar-refractivity contribution is 5.93. The van der Waals surface area contributed by atoms with Gasteiger partial charge in [0.15, 0.2) is 6.04 Å². The topological polar surface area (TPSA) is 125 Å². The third-order valence-corrected chi connectivity index (χ3v) is 7.15. The first kappa shape index (κ1) is 24.7. The molecule has 1 saturated carbocycles. The number of carbonyl (C=O) groups excluding carboxylic acids is 2. The minimum absolute atomic E-state index is 0.110. The molecule has 8 nitrogen and oxygen atoms in total. The molecule has 2 aliphatic rings. The smallest absolute Gasteiger partial charge is 0.408 e. The van der Waals surface area contributed by atoms with Gasteiger partial charge in [-0.05, 0) is 47.9 Å². The van der Waals surface area contributed by atoms with Crippen LogP contribution < -0.4 is 10.6 Å². The van der Waals surface area contributed by atoms with Crippen LogP contribution in [-0.2, 0) is 14.3 Å². The molecule has 0 saturated heterocycles. The Morgan fingerprint density at radius 2 is 1.69 bits per heavy atom. The number of aliphatic carboxylic acids is 1. The number of fused-ring (bicyclic) bond motifs is 3. The number of aliphatic hydroxyl groups is 1. The molecule has 2 aromatic rings. The van der Waals surface area contributed by atoms with Crippen LogP contribution in [0.3, 0.4) is 0 Å². The van der Waals surface area contributed by atoms with Gasteiger partial charge in [-0.2, -0.15) is 0 Å². The molecule has 4 rings (SSSR count). The molecule has 2 amide bonds. The van der Waals surface area contributed by atoms with Gasteiger partial charge in [-0.25, -0.2) is 9.59 Å². The van der Waals surface area contributed by atoms with Crippen molar-refractivity contribution >= 4 is 18.0 Å². The van der Waals surface area contributed by atoms with E-state index in [2.05, 4.69) is 22.8 Å². The molecule has 0 radical (unpaired) electrons. The molecular weight excluding hydrogens is 448 g/mol. The summed E-state index contributed by atoms with van der Waals surface area (Å²) < 4.78 is 5.66. The van der Waals surface area contributed by atoms with Crippen molar-refractivity contribution in [3.63, 3.8) is 0 Å². The lowest BCUT2D eigenvalue weighted by molar-refractivity contribution is -0.146. The van der Waals surface area contributed by atoms with E-state index >= 15 is 0 Å². The van der Waals surface area contributed by atoms with Crippen LogP contribution in [0.2, 0.25) is 0 Å². The molecule has 4 N–H and O–H groups in total. The summed E-state index contributed by atoms with van der Waals surface area (Å²) in [6.45, 7) is 3.40. The lowest BCUT2D eigenvalue weighted by atomic mass is 9.75. The van der Waals surface area contributed by atoms with Crippen LogP contribution in [0, 0.1) is 5.92 Å². The number of hydrogen-bond acceptors (Lipinski definition) is 5. The van der Waals surface area contributed by atoms with Gasteiger partial charge >= 0.3 is 12.1 Å². The van der Waals surface area contributed by atoms with Crippen molar-refractivity contribution in [2.24, 2.45) is 5.92 Å². The van der Waals surface area contributed by atoms with Gasteiger partial charge in [0, 0.05) is 5.92 Å². The van der Waals surface area contributed by atoms with Gasteiger partial charge in [-0.3, -0.25) is 4.79 Å². The molecular formula is C27H32N2O6. The maximum atomic E-state index is 13.3. The van der Waals surface area contributed by atoms with Crippen LogP contribution in [0.25, 0.3) is 11.1 Å². The minimum atomic E-state index is -1.47. The van der Waals surface area contributed by atoms with Crippen molar-refractivity contribution in [3.05, 3.63) is 59.7 Å². The Hall–Kier alpha value is -3.39. The van der Waals surface area contributed by atoms with Crippen molar-refractivity contribution in [2.45, 2.75) is 63.1 Å². The molecule has 35 heavy (non-hydrogen) atoms. The van der Waals surface area contributed by atoms with Gasteiger partial charge in [-0.1, -0.05) is 68.3 Å². The number of carboxylic acids is 1. The average Bonchev–Trinajstić information content (AvgIpc) is 3.14. The predicted molar refractivity (Wildman–Crippen MR) is 130 cm³/mol. The van der Waals surface area contributed by atoms with E-state index in [9.17, 15) is 24.6 Å². The molecule has 1 fully saturated rings. The quantitative estimate of drug-likeness (QED) is 0.481. The standard InChI is InChI=1S/C27H32N2O6/c1-16-8-7-13-27(14-16,25(33)28-23(17(2)30)24(31)32)29-26(34)35-15-22-20-11-5-3-9-18(20)19-10-4-6-12-21(19)22/h3-6,9-12,16-17,22-23,30H,7-8,13-15H2,1-2H3,(H,28,33)(H,29,34)(H,31,32). The molecule has 0 spiro atoms. The maximum absolute atomic E-state index is 13.3. The van der Waals surface area contributed by atoms with Crippen LogP contribution in [0.4, 0.5) is 4.79 Å². The summed E-state index contributed by atoms with van der Waals surface area (Å²) in [6, 6.07) is 14.6. The first-order valence-corrected chi connectivity index (χ1v) is 12.1. The second kappa shape index (κ2) is 10.1. The molecule has 0 heterocycles. The third kappa shape index (κ3) is 5.03.